The standard InChI is InChI=1S/C13H18N4O/c1-9(6-14)7-17(2)13(18)10-3-4-11-12(5-10)16-8-15-11/h3-5,8-9H,6-7,14H2,1-2H3,(H,15,16). The average molecular weight is 246 g/mol. The second-order valence-electron chi connectivity index (χ2n) is 4.66. The Morgan fingerprint density at radius 1 is 1.56 bits per heavy atom. The number of nitrogens with two attached hydrogens (primary N) is 1. The zero-order valence-electron chi connectivity index (χ0n) is 10.7. The highest BCUT2D eigenvalue weighted by atomic mass is 16.2. The lowest BCUT2D eigenvalue weighted by atomic mass is 10.1. The number of carbonyl (C=O) groups excluding carboxylic acids is 1. The van der Waals surface area contributed by atoms with E-state index in [4.69, 9.17) is 5.73 Å². The Labute approximate surface area is 106 Å². The van der Waals surface area contributed by atoms with Crippen LogP contribution < -0.4 is 5.73 Å². The van der Waals surface area contributed by atoms with Gasteiger partial charge in [-0.15, -0.1) is 0 Å². The number of nitrogens with one attached hydrogen (secondary N) is 1. The van der Waals surface area contributed by atoms with Gasteiger partial charge in [-0.3, -0.25) is 4.79 Å². The highest BCUT2D eigenvalue weighted by molar-refractivity contribution is 5.97. The number of H-pyrrole nitrogens is 1. The van der Waals surface area contributed by atoms with Crippen molar-refractivity contribution in [2.24, 2.45) is 11.7 Å². The Kier molecular flexibility index (Phi) is 3.62. The van der Waals surface area contributed by atoms with E-state index in [1.165, 1.54) is 0 Å². The summed E-state index contributed by atoms with van der Waals surface area (Å²) in [6.45, 7) is 3.27. The van der Waals surface area contributed by atoms with Gasteiger partial charge in [0.25, 0.3) is 5.91 Å². The third-order valence-electron chi connectivity index (χ3n) is 3.00. The van der Waals surface area contributed by atoms with Crippen LogP contribution in [0.2, 0.25) is 0 Å². The molecule has 1 aromatic carbocycles. The van der Waals surface area contributed by atoms with E-state index in [0.717, 1.165) is 11.0 Å². The van der Waals surface area contributed by atoms with Crippen molar-refractivity contribution in [3.05, 3.63) is 30.1 Å². The molecule has 0 aliphatic rings. The summed E-state index contributed by atoms with van der Waals surface area (Å²) in [6.07, 6.45) is 1.62. The fraction of sp³-hybridized carbons (Fsp3) is 0.385. The molecule has 18 heavy (non-hydrogen) atoms. The maximum absolute atomic E-state index is 12.2. The largest absolute Gasteiger partial charge is 0.345 e. The summed E-state index contributed by atoms with van der Waals surface area (Å²) in [6, 6.07) is 5.47. The van der Waals surface area contributed by atoms with Crippen LogP contribution in [-0.2, 0) is 0 Å². The summed E-state index contributed by atoms with van der Waals surface area (Å²) in [5.74, 6) is 0.307. The van der Waals surface area contributed by atoms with Crippen LogP contribution >= 0.6 is 0 Å². The Hall–Kier alpha value is -1.88. The number of imidazole rings is 1. The smallest absolute Gasteiger partial charge is 0.253 e. The molecule has 0 fully saturated rings. The maximum atomic E-state index is 12.2. The molecule has 3 N–H and O–H groups in total. The van der Waals surface area contributed by atoms with Gasteiger partial charge in [0.15, 0.2) is 0 Å². The van der Waals surface area contributed by atoms with Crippen molar-refractivity contribution in [3.63, 3.8) is 0 Å². The van der Waals surface area contributed by atoms with Gasteiger partial charge in [0.2, 0.25) is 0 Å². The lowest BCUT2D eigenvalue weighted by Crippen LogP contribution is -2.33. The first-order valence-electron chi connectivity index (χ1n) is 6.00. The molecule has 1 amide bonds. The first-order chi connectivity index (χ1) is 8.61. The SMILES string of the molecule is CC(CN)CN(C)C(=O)c1ccc2nc[nH]c2c1. The van der Waals surface area contributed by atoms with E-state index in [1.807, 2.05) is 19.1 Å². The number of fused-ring (bicyclic) bond motifs is 1. The first kappa shape index (κ1) is 12.6. The molecular weight excluding hydrogens is 228 g/mol. The van der Waals surface area contributed by atoms with Crippen molar-refractivity contribution in [1.82, 2.24) is 14.9 Å². The third-order valence-corrected chi connectivity index (χ3v) is 3.00. The maximum Gasteiger partial charge on any atom is 0.253 e. The summed E-state index contributed by atoms with van der Waals surface area (Å²) in [7, 11) is 1.80. The van der Waals surface area contributed by atoms with Crippen LogP contribution in [0.5, 0.6) is 0 Å². The van der Waals surface area contributed by atoms with Gasteiger partial charge in [0, 0.05) is 19.2 Å². The first-order valence-corrected chi connectivity index (χ1v) is 6.00. The number of benzene rings is 1. The molecule has 0 spiro atoms. The molecule has 0 radical (unpaired) electrons. The number of rotatable bonds is 4. The minimum absolute atomic E-state index is 0.00630. The van der Waals surface area contributed by atoms with Crippen LogP contribution in [0.3, 0.4) is 0 Å². The molecule has 0 aliphatic carbocycles. The molecule has 2 aromatic rings. The normalized spacial score (nSPS) is 12.6. The quantitative estimate of drug-likeness (QED) is 0.852. The van der Waals surface area contributed by atoms with Crippen molar-refractivity contribution in [3.8, 4) is 0 Å². The monoisotopic (exact) mass is 246 g/mol. The Morgan fingerprint density at radius 3 is 3.06 bits per heavy atom. The molecule has 1 atom stereocenters. The zero-order valence-corrected chi connectivity index (χ0v) is 10.7. The van der Waals surface area contributed by atoms with E-state index < -0.39 is 0 Å². The van der Waals surface area contributed by atoms with Gasteiger partial charge < -0.3 is 15.6 Å². The number of aromatic amines is 1. The second-order valence-corrected chi connectivity index (χ2v) is 4.66. The number of aromatic nitrogens is 2. The van der Waals surface area contributed by atoms with E-state index in [-0.39, 0.29) is 5.91 Å². The second kappa shape index (κ2) is 5.18. The molecule has 2 rings (SSSR count). The van der Waals surface area contributed by atoms with Gasteiger partial charge in [0.1, 0.15) is 0 Å². The van der Waals surface area contributed by atoms with Crippen LogP contribution in [0.15, 0.2) is 24.5 Å². The van der Waals surface area contributed by atoms with Crippen LogP contribution in [0.4, 0.5) is 0 Å². The summed E-state index contributed by atoms with van der Waals surface area (Å²) >= 11 is 0. The van der Waals surface area contributed by atoms with Gasteiger partial charge in [-0.05, 0) is 30.7 Å². The van der Waals surface area contributed by atoms with E-state index in [2.05, 4.69) is 9.97 Å². The average Bonchev–Trinajstić information content (AvgIpc) is 2.84. The van der Waals surface area contributed by atoms with Crippen molar-refractivity contribution in [2.75, 3.05) is 20.1 Å². The van der Waals surface area contributed by atoms with Crippen LogP contribution in [0.25, 0.3) is 11.0 Å². The van der Waals surface area contributed by atoms with Crippen LogP contribution in [0.1, 0.15) is 17.3 Å². The molecule has 0 saturated carbocycles. The van der Waals surface area contributed by atoms with Crippen molar-refractivity contribution < 1.29 is 4.79 Å². The topological polar surface area (TPSA) is 75.0 Å². The highest BCUT2D eigenvalue weighted by Crippen LogP contribution is 2.13. The number of carbonyl (C=O) groups is 1. The van der Waals surface area contributed by atoms with E-state index in [1.54, 1.807) is 24.3 Å². The van der Waals surface area contributed by atoms with Crippen LogP contribution in [-0.4, -0.2) is 40.9 Å². The number of amides is 1. The Bertz CT molecular complexity index is 549. The predicted molar refractivity (Wildman–Crippen MR) is 71.3 cm³/mol. The minimum Gasteiger partial charge on any atom is -0.345 e. The van der Waals surface area contributed by atoms with E-state index >= 15 is 0 Å². The summed E-state index contributed by atoms with van der Waals surface area (Å²) < 4.78 is 0. The van der Waals surface area contributed by atoms with Crippen LogP contribution in [0, 0.1) is 5.92 Å². The van der Waals surface area contributed by atoms with Gasteiger partial charge in [-0.1, -0.05) is 6.92 Å². The summed E-state index contributed by atoms with van der Waals surface area (Å²) in [5, 5.41) is 0. The number of hydrogen-bond donors (Lipinski definition) is 2. The number of nitrogens with zero attached hydrogens (tertiary/aromatic N) is 2. The fourth-order valence-electron chi connectivity index (χ4n) is 1.91. The fourth-order valence-corrected chi connectivity index (χ4v) is 1.91. The lowest BCUT2D eigenvalue weighted by Gasteiger charge is -2.20. The molecule has 0 saturated heterocycles. The molecule has 1 unspecified atom stereocenters. The molecule has 1 heterocycles. The molecular formula is C13H18N4O. The lowest BCUT2D eigenvalue weighted by molar-refractivity contribution is 0.0777. The molecule has 1 aromatic heterocycles. The van der Waals surface area contributed by atoms with Gasteiger partial charge in [-0.25, -0.2) is 4.98 Å². The van der Waals surface area contributed by atoms with Crippen molar-refractivity contribution in [2.45, 2.75) is 6.92 Å². The van der Waals surface area contributed by atoms with E-state index in [0.29, 0.717) is 24.6 Å². The molecule has 5 nitrogen and oxygen atoms in total. The Morgan fingerprint density at radius 2 is 2.33 bits per heavy atom. The van der Waals surface area contributed by atoms with Crippen molar-refractivity contribution in [1.29, 1.82) is 0 Å². The molecule has 0 bridgehead atoms. The molecule has 0 aliphatic heterocycles. The van der Waals surface area contributed by atoms with Gasteiger partial charge >= 0.3 is 0 Å². The molecule has 5 heteroatoms. The molecule has 96 valence electrons. The van der Waals surface area contributed by atoms with Crippen molar-refractivity contribution >= 4 is 16.9 Å². The predicted octanol–water partition coefficient (Wildman–Crippen LogP) is 1.23. The Balaban J connectivity index is 2.16. The minimum atomic E-state index is 0.00630. The zero-order chi connectivity index (χ0) is 13.1. The van der Waals surface area contributed by atoms with Gasteiger partial charge in [-0.2, -0.15) is 0 Å². The summed E-state index contributed by atoms with van der Waals surface area (Å²) in [4.78, 5) is 21.0. The number of hydrogen-bond acceptors (Lipinski definition) is 3. The van der Waals surface area contributed by atoms with Gasteiger partial charge in [0.05, 0.1) is 17.4 Å². The van der Waals surface area contributed by atoms with E-state index in [9.17, 15) is 4.79 Å². The third kappa shape index (κ3) is 2.51. The summed E-state index contributed by atoms with van der Waals surface area (Å²) in [5.41, 5.74) is 7.98. The highest BCUT2D eigenvalue weighted by Gasteiger charge is 2.14.